The number of nitrogens with one attached hydrogen (secondary N) is 2. The van der Waals surface area contributed by atoms with Gasteiger partial charge in [0.15, 0.2) is 5.78 Å². The van der Waals surface area contributed by atoms with Crippen molar-refractivity contribution in [2.75, 3.05) is 0 Å². The van der Waals surface area contributed by atoms with Gasteiger partial charge in [-0.05, 0) is 68.6 Å². The van der Waals surface area contributed by atoms with Crippen molar-refractivity contribution in [3.05, 3.63) is 59.8 Å². The van der Waals surface area contributed by atoms with Crippen molar-refractivity contribution in [3.63, 3.8) is 0 Å². The molecule has 9 atom stereocenters. The molecule has 2 aromatic rings. The van der Waals surface area contributed by atoms with E-state index >= 15 is 0 Å². The fraction of sp³-hybridized carbons (Fsp3) is 0.531. The summed E-state index contributed by atoms with van der Waals surface area (Å²) in [5, 5.41) is 4.68. The molecule has 1 aromatic heterocycles. The summed E-state index contributed by atoms with van der Waals surface area (Å²) < 4.78 is 6.50. The highest BCUT2D eigenvalue weighted by Gasteiger charge is 2.77. The van der Waals surface area contributed by atoms with Crippen molar-refractivity contribution in [3.8, 4) is 0 Å². The molecule has 2 bridgehead atoms. The standard InChI is InChI=1S/C32H37N3O3/c1-17-8-7-10-22-29-31(4,38-29)19(3)27-25(15-20-16-33-23-11-6-5-9-21(20)23)35-30(37)32(22,27)26-13-12-24(34-26)28(36)18(2)14-17/h5-7,9-11,14,16-17,19,22,24-25,27,29,33H,8,12-13,15H2,1-4H3,(H,35,37). The Morgan fingerprint density at radius 2 is 2.00 bits per heavy atom. The molecule has 4 aliphatic heterocycles. The molecule has 0 radical (unpaired) electrons. The number of hydrogen-bond acceptors (Lipinski definition) is 4. The topological polar surface area (TPSA) is 86.8 Å². The first-order chi connectivity index (χ1) is 18.2. The van der Waals surface area contributed by atoms with Crippen LogP contribution in [0.3, 0.4) is 0 Å². The minimum atomic E-state index is -0.789. The maximum absolute atomic E-state index is 14.4. The lowest BCUT2D eigenvalue weighted by Gasteiger charge is -2.47. The Morgan fingerprint density at radius 1 is 1.18 bits per heavy atom. The highest BCUT2D eigenvalue weighted by atomic mass is 16.6. The van der Waals surface area contributed by atoms with Crippen molar-refractivity contribution in [1.82, 2.24) is 10.3 Å². The smallest absolute Gasteiger partial charge is 0.233 e. The lowest BCUT2D eigenvalue weighted by molar-refractivity contribution is -0.128. The summed E-state index contributed by atoms with van der Waals surface area (Å²) >= 11 is 0. The van der Waals surface area contributed by atoms with Crippen molar-refractivity contribution >= 4 is 28.3 Å². The number of rotatable bonds is 2. The number of nitrogens with zero attached hydrogens (tertiary/aromatic N) is 1. The Labute approximate surface area is 224 Å². The number of fused-ring (bicyclic) bond motifs is 4. The highest BCUT2D eigenvalue weighted by molar-refractivity contribution is 6.14. The van der Waals surface area contributed by atoms with Gasteiger partial charge in [-0.15, -0.1) is 0 Å². The van der Waals surface area contributed by atoms with Crippen LogP contribution in [0.5, 0.6) is 0 Å². The normalized spacial score (nSPS) is 41.8. The molecule has 6 nitrogen and oxygen atoms in total. The van der Waals surface area contributed by atoms with Gasteiger partial charge in [-0.3, -0.25) is 14.6 Å². The van der Waals surface area contributed by atoms with Gasteiger partial charge in [0.1, 0.15) is 11.5 Å². The van der Waals surface area contributed by atoms with Crippen LogP contribution >= 0.6 is 0 Å². The molecule has 1 amide bonds. The Bertz CT molecular complexity index is 1430. The zero-order chi connectivity index (χ0) is 26.4. The molecule has 2 saturated heterocycles. The molecule has 7 rings (SSSR count). The summed E-state index contributed by atoms with van der Waals surface area (Å²) in [6.45, 7) is 8.55. The van der Waals surface area contributed by atoms with Crippen molar-refractivity contribution in [1.29, 1.82) is 0 Å². The average Bonchev–Trinajstić information content (AvgIpc) is 3.23. The number of ketones is 1. The van der Waals surface area contributed by atoms with Crippen LogP contribution in [0.1, 0.15) is 52.5 Å². The summed E-state index contributed by atoms with van der Waals surface area (Å²) in [7, 11) is 0. The molecule has 3 fully saturated rings. The van der Waals surface area contributed by atoms with E-state index in [-0.39, 0.29) is 53.1 Å². The monoisotopic (exact) mass is 511 g/mol. The van der Waals surface area contributed by atoms with Crippen molar-refractivity contribution < 1.29 is 14.3 Å². The fourth-order valence-corrected chi connectivity index (χ4v) is 8.45. The number of carbonyl (C=O) groups excluding carboxylic acids is 2. The summed E-state index contributed by atoms with van der Waals surface area (Å²) in [4.78, 5) is 36.3. The second-order valence-corrected chi connectivity index (χ2v) is 12.6. The minimum absolute atomic E-state index is 0.0180. The molecule has 38 heavy (non-hydrogen) atoms. The largest absolute Gasteiger partial charge is 0.365 e. The Morgan fingerprint density at radius 3 is 2.84 bits per heavy atom. The number of aromatic amines is 1. The van der Waals surface area contributed by atoms with Gasteiger partial charge >= 0.3 is 0 Å². The Hall–Kier alpha value is -2.99. The number of para-hydroxylation sites is 1. The number of allylic oxidation sites excluding steroid dienone is 2. The number of ether oxygens (including phenoxy) is 1. The van der Waals surface area contributed by atoms with E-state index in [1.807, 2.05) is 13.0 Å². The van der Waals surface area contributed by atoms with Crippen molar-refractivity contribution in [2.24, 2.45) is 34.1 Å². The maximum Gasteiger partial charge on any atom is 0.233 e. The number of epoxide rings is 1. The van der Waals surface area contributed by atoms with E-state index < -0.39 is 11.5 Å². The maximum atomic E-state index is 14.4. The number of aliphatic imine (C=N–C) groups is 1. The number of carbonyl (C=O) groups is 2. The van der Waals surface area contributed by atoms with Gasteiger partial charge in [0.05, 0.1) is 11.7 Å². The molecule has 1 aliphatic carbocycles. The third-order valence-electron chi connectivity index (χ3n) is 10.5. The van der Waals surface area contributed by atoms with Gasteiger partial charge in [0.2, 0.25) is 5.91 Å². The van der Waals surface area contributed by atoms with Gasteiger partial charge < -0.3 is 15.0 Å². The SMILES string of the molecule is CC1=CC(C)CC=CC2C3OC3(C)C(C)C3C(Cc4c[nH]c5ccccc45)NC(=O)C23C2=NC(CC2)C1=O. The molecule has 1 spiro atoms. The van der Waals surface area contributed by atoms with Crippen LogP contribution in [0.2, 0.25) is 0 Å². The predicted octanol–water partition coefficient (Wildman–Crippen LogP) is 4.95. The third-order valence-corrected chi connectivity index (χ3v) is 10.5. The number of Topliss-reactive ketones (excluding diaryl/α,β-unsaturated/α-hetero) is 1. The van der Waals surface area contributed by atoms with E-state index in [9.17, 15) is 9.59 Å². The van der Waals surface area contributed by atoms with E-state index in [1.165, 1.54) is 10.9 Å². The molecule has 1 aromatic carbocycles. The zero-order valence-electron chi connectivity index (χ0n) is 22.7. The molecular formula is C32H37N3O3. The minimum Gasteiger partial charge on any atom is -0.365 e. The predicted molar refractivity (Wildman–Crippen MR) is 148 cm³/mol. The van der Waals surface area contributed by atoms with E-state index in [0.717, 1.165) is 29.6 Å². The lowest BCUT2D eigenvalue weighted by atomic mass is 9.51. The Balaban J connectivity index is 1.37. The summed E-state index contributed by atoms with van der Waals surface area (Å²) in [5.74, 6) is 0.503. The van der Waals surface area contributed by atoms with Gasteiger partial charge in [-0.25, -0.2) is 0 Å². The molecule has 5 aliphatic rings. The molecule has 2 N–H and O–H groups in total. The van der Waals surface area contributed by atoms with E-state index in [4.69, 9.17) is 9.73 Å². The van der Waals surface area contributed by atoms with Crippen LogP contribution in [0.15, 0.2) is 59.3 Å². The van der Waals surface area contributed by atoms with Crippen LogP contribution in [0, 0.1) is 29.1 Å². The lowest BCUT2D eigenvalue weighted by Crippen LogP contribution is -2.58. The number of benzene rings is 1. The molecule has 5 heterocycles. The Kier molecular flexibility index (Phi) is 5.23. The van der Waals surface area contributed by atoms with Crippen LogP contribution in [0.25, 0.3) is 10.9 Å². The number of hydrogen-bond donors (Lipinski definition) is 2. The molecule has 9 unspecified atom stereocenters. The van der Waals surface area contributed by atoms with Gasteiger partial charge in [-0.1, -0.05) is 50.3 Å². The first-order valence-corrected chi connectivity index (χ1v) is 14.3. The van der Waals surface area contributed by atoms with Crippen molar-refractivity contribution in [2.45, 2.75) is 77.2 Å². The molecule has 6 heteroatoms. The summed E-state index contributed by atoms with van der Waals surface area (Å²) in [5.41, 5.74) is 2.98. The zero-order valence-corrected chi connectivity index (χ0v) is 22.7. The second kappa shape index (κ2) is 8.25. The number of amides is 1. The molecular weight excluding hydrogens is 474 g/mol. The average molecular weight is 512 g/mol. The first-order valence-electron chi connectivity index (χ1n) is 14.3. The van der Waals surface area contributed by atoms with Crippen LogP contribution in [0.4, 0.5) is 0 Å². The molecule has 1 saturated carbocycles. The molecule has 198 valence electrons. The highest BCUT2D eigenvalue weighted by Crippen LogP contribution is 2.66. The summed E-state index contributed by atoms with van der Waals surface area (Å²) in [6, 6.07) is 7.92. The third kappa shape index (κ3) is 3.19. The number of H-pyrrole nitrogens is 1. The first kappa shape index (κ1) is 24.1. The van der Waals surface area contributed by atoms with E-state index in [2.05, 4.69) is 73.7 Å². The van der Waals surface area contributed by atoms with Gasteiger partial charge in [0.25, 0.3) is 0 Å². The van der Waals surface area contributed by atoms with E-state index in [0.29, 0.717) is 12.8 Å². The number of aromatic nitrogens is 1. The van der Waals surface area contributed by atoms with Crippen LogP contribution < -0.4 is 5.32 Å². The van der Waals surface area contributed by atoms with Crippen LogP contribution in [-0.4, -0.2) is 46.2 Å². The fourth-order valence-electron chi connectivity index (χ4n) is 8.45. The summed E-state index contributed by atoms with van der Waals surface area (Å²) in [6.07, 6.45) is 11.6. The quantitative estimate of drug-likeness (QED) is 0.442. The van der Waals surface area contributed by atoms with E-state index in [1.54, 1.807) is 0 Å². The van der Waals surface area contributed by atoms with Crippen LogP contribution in [-0.2, 0) is 20.7 Å². The van der Waals surface area contributed by atoms with Gasteiger partial charge in [0, 0.05) is 40.7 Å². The second-order valence-electron chi connectivity index (χ2n) is 12.6. The van der Waals surface area contributed by atoms with Gasteiger partial charge in [-0.2, -0.15) is 0 Å².